The maximum absolute atomic E-state index is 12.2. The lowest BCUT2D eigenvalue weighted by Crippen LogP contribution is -2.22. The smallest absolute Gasteiger partial charge is 0.243 e. The first kappa shape index (κ1) is 17.9. The monoisotopic (exact) mass is 344 g/mol. The molecule has 0 aliphatic carbocycles. The number of halogens is 1. The third-order valence-corrected chi connectivity index (χ3v) is 3.75. The lowest BCUT2D eigenvalue weighted by atomic mass is 10.2. The van der Waals surface area contributed by atoms with Crippen LogP contribution < -0.4 is 15.4 Å². The first-order valence-electron chi connectivity index (χ1n) is 7.62. The van der Waals surface area contributed by atoms with E-state index in [9.17, 15) is 4.79 Å². The highest BCUT2D eigenvalue weighted by Crippen LogP contribution is 2.25. The second-order valence-electron chi connectivity index (χ2n) is 5.56. The van der Waals surface area contributed by atoms with Crippen LogP contribution in [0.3, 0.4) is 0 Å². The summed E-state index contributed by atoms with van der Waals surface area (Å²) >= 11 is 6.08. The summed E-state index contributed by atoms with van der Waals surface area (Å²) in [6.45, 7) is 8.14. The van der Waals surface area contributed by atoms with Gasteiger partial charge in [0, 0.05) is 10.7 Å². The van der Waals surface area contributed by atoms with E-state index in [1.54, 1.807) is 6.07 Å². The minimum Gasteiger partial charge on any atom is -0.487 e. The average Bonchev–Trinajstić information content (AvgIpc) is 2.55. The molecule has 0 fully saturated rings. The summed E-state index contributed by atoms with van der Waals surface area (Å²) in [5, 5.41) is 6.61. The molecule has 24 heavy (non-hydrogen) atoms. The number of benzene rings is 2. The zero-order valence-corrected chi connectivity index (χ0v) is 14.6. The molecule has 5 heteroatoms. The Bertz CT molecular complexity index is 744. The third kappa shape index (κ3) is 5.03. The summed E-state index contributed by atoms with van der Waals surface area (Å²) in [5.74, 6) is 0.452. The third-order valence-electron chi connectivity index (χ3n) is 3.34. The quantitative estimate of drug-likeness (QED) is 0.718. The molecule has 0 bridgehead atoms. The van der Waals surface area contributed by atoms with Gasteiger partial charge in [-0.1, -0.05) is 36.4 Å². The molecule has 0 heterocycles. The van der Waals surface area contributed by atoms with Gasteiger partial charge in [-0.15, -0.1) is 0 Å². The summed E-state index contributed by atoms with van der Waals surface area (Å²) in [6, 6.07) is 12.9. The van der Waals surface area contributed by atoms with Crippen LogP contribution in [-0.4, -0.2) is 19.1 Å². The summed E-state index contributed by atoms with van der Waals surface area (Å²) in [7, 11) is 0. The van der Waals surface area contributed by atoms with Crippen LogP contribution in [0.5, 0.6) is 5.75 Å². The van der Waals surface area contributed by atoms with Crippen molar-refractivity contribution < 1.29 is 9.53 Å². The molecule has 0 saturated heterocycles. The highest BCUT2D eigenvalue weighted by molar-refractivity contribution is 6.31. The van der Waals surface area contributed by atoms with Gasteiger partial charge in [-0.05, 0) is 49.2 Å². The van der Waals surface area contributed by atoms with Gasteiger partial charge in [0.2, 0.25) is 5.91 Å². The molecule has 0 aromatic heterocycles. The maximum atomic E-state index is 12.2. The highest BCUT2D eigenvalue weighted by atomic mass is 35.5. The Morgan fingerprint density at radius 1 is 1.17 bits per heavy atom. The largest absolute Gasteiger partial charge is 0.487 e. The van der Waals surface area contributed by atoms with Gasteiger partial charge in [0.25, 0.3) is 0 Å². The van der Waals surface area contributed by atoms with E-state index in [2.05, 4.69) is 17.2 Å². The zero-order valence-electron chi connectivity index (χ0n) is 13.9. The number of anilines is 2. The van der Waals surface area contributed by atoms with Gasteiger partial charge in [0.15, 0.2) is 0 Å². The van der Waals surface area contributed by atoms with Gasteiger partial charge >= 0.3 is 0 Å². The van der Waals surface area contributed by atoms with E-state index >= 15 is 0 Å². The Balaban J connectivity index is 1.97. The zero-order chi connectivity index (χ0) is 17.5. The molecular weight excluding hydrogens is 324 g/mol. The first-order valence-corrected chi connectivity index (χ1v) is 8.00. The van der Waals surface area contributed by atoms with Gasteiger partial charge in [0.05, 0.1) is 12.2 Å². The van der Waals surface area contributed by atoms with Crippen molar-refractivity contribution >= 4 is 28.9 Å². The van der Waals surface area contributed by atoms with Crippen molar-refractivity contribution in [1.82, 2.24) is 0 Å². The van der Waals surface area contributed by atoms with Crippen molar-refractivity contribution in [3.63, 3.8) is 0 Å². The molecular formula is C19H21ClN2O2. The van der Waals surface area contributed by atoms with E-state index in [1.807, 2.05) is 50.2 Å². The Labute approximate surface area is 147 Å². The topological polar surface area (TPSA) is 50.4 Å². The number of ether oxygens (including phenoxy) is 1. The Hall–Kier alpha value is -2.46. The molecule has 0 unspecified atom stereocenters. The molecule has 0 aliphatic rings. The Kier molecular flexibility index (Phi) is 6.27. The lowest BCUT2D eigenvalue weighted by Gasteiger charge is -2.14. The van der Waals surface area contributed by atoms with E-state index in [0.717, 1.165) is 16.8 Å². The minimum absolute atomic E-state index is 0.135. The fraction of sp³-hybridized carbons (Fsp3) is 0.211. The van der Waals surface area contributed by atoms with E-state index in [4.69, 9.17) is 16.3 Å². The number of hydrogen-bond acceptors (Lipinski definition) is 3. The second kappa shape index (κ2) is 8.41. The van der Waals surface area contributed by atoms with Gasteiger partial charge in [-0.2, -0.15) is 0 Å². The summed E-state index contributed by atoms with van der Waals surface area (Å²) in [6.07, 6.45) is 0. The normalized spacial score (nSPS) is 10.1. The average molecular weight is 345 g/mol. The molecule has 126 valence electrons. The molecule has 0 radical (unpaired) electrons. The fourth-order valence-electron chi connectivity index (χ4n) is 2.07. The van der Waals surface area contributed by atoms with E-state index in [-0.39, 0.29) is 12.5 Å². The van der Waals surface area contributed by atoms with Crippen molar-refractivity contribution in [1.29, 1.82) is 0 Å². The van der Waals surface area contributed by atoms with Crippen LogP contribution in [0, 0.1) is 6.92 Å². The van der Waals surface area contributed by atoms with Gasteiger partial charge in [0.1, 0.15) is 12.4 Å². The van der Waals surface area contributed by atoms with Crippen LogP contribution in [0.4, 0.5) is 11.4 Å². The van der Waals surface area contributed by atoms with Crippen LogP contribution in [0.1, 0.15) is 12.5 Å². The predicted octanol–water partition coefficient (Wildman–Crippen LogP) is 4.65. The van der Waals surface area contributed by atoms with Crippen molar-refractivity contribution in [2.45, 2.75) is 13.8 Å². The molecule has 1 amide bonds. The number of amides is 1. The standard InChI is InChI=1S/C19H21ClN2O2/c1-13(2)12-24-18-10-5-4-8-17(18)22-19(23)11-21-16-9-6-7-15(20)14(16)3/h4-10,21H,1,11-12H2,2-3H3,(H,22,23). The van der Waals surface area contributed by atoms with Crippen LogP contribution >= 0.6 is 11.6 Å². The van der Waals surface area contributed by atoms with E-state index in [1.165, 1.54) is 0 Å². The highest BCUT2D eigenvalue weighted by Gasteiger charge is 2.09. The molecule has 2 aromatic rings. The number of rotatable bonds is 7. The molecule has 0 atom stereocenters. The molecule has 0 spiro atoms. The summed E-state index contributed by atoms with van der Waals surface area (Å²) in [5.41, 5.74) is 3.30. The van der Waals surface area contributed by atoms with Crippen LogP contribution in [0.2, 0.25) is 5.02 Å². The second-order valence-corrected chi connectivity index (χ2v) is 5.96. The van der Waals surface area contributed by atoms with Crippen molar-refractivity contribution in [2.75, 3.05) is 23.8 Å². The predicted molar refractivity (Wildman–Crippen MR) is 100 cm³/mol. The Morgan fingerprint density at radius 3 is 2.62 bits per heavy atom. The molecule has 4 nitrogen and oxygen atoms in total. The molecule has 2 rings (SSSR count). The van der Waals surface area contributed by atoms with Crippen LogP contribution in [0.15, 0.2) is 54.6 Å². The SMILES string of the molecule is C=C(C)COc1ccccc1NC(=O)CNc1cccc(Cl)c1C. The van der Waals surface area contributed by atoms with Crippen LogP contribution in [-0.2, 0) is 4.79 Å². The molecule has 0 saturated carbocycles. The minimum atomic E-state index is -0.166. The summed E-state index contributed by atoms with van der Waals surface area (Å²) < 4.78 is 5.64. The van der Waals surface area contributed by atoms with Crippen molar-refractivity contribution in [2.24, 2.45) is 0 Å². The van der Waals surface area contributed by atoms with E-state index in [0.29, 0.717) is 23.1 Å². The van der Waals surface area contributed by atoms with Gasteiger partial charge in [-0.25, -0.2) is 0 Å². The first-order chi connectivity index (χ1) is 11.5. The molecule has 0 aliphatic heterocycles. The molecule has 2 N–H and O–H groups in total. The number of hydrogen-bond donors (Lipinski definition) is 2. The lowest BCUT2D eigenvalue weighted by molar-refractivity contribution is -0.114. The van der Waals surface area contributed by atoms with E-state index < -0.39 is 0 Å². The van der Waals surface area contributed by atoms with Crippen LogP contribution in [0.25, 0.3) is 0 Å². The maximum Gasteiger partial charge on any atom is 0.243 e. The Morgan fingerprint density at radius 2 is 1.88 bits per heavy atom. The number of nitrogens with one attached hydrogen (secondary N) is 2. The fourth-order valence-corrected chi connectivity index (χ4v) is 2.24. The van der Waals surface area contributed by atoms with Crippen molar-refractivity contribution in [3.05, 3.63) is 65.2 Å². The van der Waals surface area contributed by atoms with Crippen molar-refractivity contribution in [3.8, 4) is 5.75 Å². The summed E-state index contributed by atoms with van der Waals surface area (Å²) in [4.78, 5) is 12.2. The van der Waals surface area contributed by atoms with Gasteiger partial charge < -0.3 is 15.4 Å². The number of para-hydroxylation sites is 2. The number of carbonyl (C=O) groups excluding carboxylic acids is 1. The number of carbonyl (C=O) groups is 1. The van der Waals surface area contributed by atoms with Gasteiger partial charge in [-0.3, -0.25) is 4.79 Å². The molecule has 2 aromatic carbocycles.